The molecular formula is C13H17N5O2S. The third-order valence-electron chi connectivity index (χ3n) is 3.71. The van der Waals surface area contributed by atoms with E-state index in [4.69, 9.17) is 0 Å². The number of amides is 1. The minimum absolute atomic E-state index is 0.0125. The first-order chi connectivity index (χ1) is 10.2. The number of hydrogen-bond acceptors (Lipinski definition) is 6. The predicted octanol–water partition coefficient (Wildman–Crippen LogP) is 1.22. The quantitative estimate of drug-likeness (QED) is 0.889. The number of hydrogen-bond donors (Lipinski definition) is 2. The topological polar surface area (TPSA) is 95.0 Å². The third kappa shape index (κ3) is 2.68. The van der Waals surface area contributed by atoms with Gasteiger partial charge >= 0.3 is 0 Å². The van der Waals surface area contributed by atoms with Crippen molar-refractivity contribution in [3.05, 3.63) is 16.9 Å². The van der Waals surface area contributed by atoms with E-state index in [2.05, 4.69) is 20.2 Å². The summed E-state index contributed by atoms with van der Waals surface area (Å²) >= 11 is 1.31. The Morgan fingerprint density at radius 1 is 1.57 bits per heavy atom. The number of piperidine rings is 1. The summed E-state index contributed by atoms with van der Waals surface area (Å²) in [6.45, 7) is 2.53. The van der Waals surface area contributed by atoms with Gasteiger partial charge in [0.2, 0.25) is 0 Å². The maximum absolute atomic E-state index is 12.7. The second kappa shape index (κ2) is 5.90. The maximum atomic E-state index is 12.7. The van der Waals surface area contributed by atoms with Crippen molar-refractivity contribution in [3.8, 4) is 10.8 Å². The van der Waals surface area contributed by atoms with Crippen molar-refractivity contribution in [2.45, 2.75) is 32.2 Å². The molecule has 1 atom stereocenters. The van der Waals surface area contributed by atoms with Gasteiger partial charge in [0.05, 0.1) is 18.3 Å². The van der Waals surface area contributed by atoms with Gasteiger partial charge in [0.25, 0.3) is 5.91 Å². The summed E-state index contributed by atoms with van der Waals surface area (Å²) in [5.74, 6) is 0.522. The van der Waals surface area contributed by atoms with Crippen LogP contribution < -0.4 is 0 Å². The Balaban J connectivity index is 1.87. The van der Waals surface area contributed by atoms with Gasteiger partial charge in [0, 0.05) is 6.54 Å². The SMILES string of the molecule is Cc1nc(-c2ncn[nH]2)sc1C(=O)N1CCCCC1CO. The lowest BCUT2D eigenvalue weighted by atomic mass is 10.0. The summed E-state index contributed by atoms with van der Waals surface area (Å²) in [4.78, 5) is 23.6. The van der Waals surface area contributed by atoms with Gasteiger partial charge in [0.15, 0.2) is 10.8 Å². The number of H-pyrrole nitrogens is 1. The summed E-state index contributed by atoms with van der Waals surface area (Å²) in [6.07, 6.45) is 4.31. The van der Waals surface area contributed by atoms with Crippen molar-refractivity contribution < 1.29 is 9.90 Å². The molecule has 0 aliphatic carbocycles. The Morgan fingerprint density at radius 2 is 2.43 bits per heavy atom. The van der Waals surface area contributed by atoms with E-state index in [1.807, 2.05) is 6.92 Å². The standard InChI is InChI=1S/C13H17N5O2S/c1-8-10(21-12(16-8)11-14-7-15-17-11)13(20)18-5-3-2-4-9(18)6-19/h7,9,19H,2-6H2,1H3,(H,14,15,17). The fourth-order valence-corrected chi connectivity index (χ4v) is 3.56. The molecule has 1 unspecified atom stereocenters. The Kier molecular flexibility index (Phi) is 3.98. The van der Waals surface area contributed by atoms with E-state index < -0.39 is 0 Å². The van der Waals surface area contributed by atoms with Crippen molar-refractivity contribution in [2.24, 2.45) is 0 Å². The summed E-state index contributed by atoms with van der Waals surface area (Å²) in [5.41, 5.74) is 0.693. The first kappa shape index (κ1) is 14.2. The number of likely N-dealkylation sites (tertiary alicyclic amines) is 1. The van der Waals surface area contributed by atoms with Gasteiger partial charge in [-0.2, -0.15) is 5.10 Å². The van der Waals surface area contributed by atoms with Crippen LogP contribution in [-0.2, 0) is 0 Å². The summed E-state index contributed by atoms with van der Waals surface area (Å²) < 4.78 is 0. The van der Waals surface area contributed by atoms with Crippen molar-refractivity contribution in [1.82, 2.24) is 25.1 Å². The number of thiazole rings is 1. The number of rotatable bonds is 3. The molecule has 2 N–H and O–H groups in total. The second-order valence-electron chi connectivity index (χ2n) is 5.10. The Labute approximate surface area is 126 Å². The average molecular weight is 307 g/mol. The van der Waals surface area contributed by atoms with Crippen LogP contribution in [0.5, 0.6) is 0 Å². The lowest BCUT2D eigenvalue weighted by Crippen LogP contribution is -2.45. The number of aromatic nitrogens is 4. The molecule has 0 aromatic carbocycles. The first-order valence-electron chi connectivity index (χ1n) is 6.95. The lowest BCUT2D eigenvalue weighted by Gasteiger charge is -2.34. The van der Waals surface area contributed by atoms with E-state index >= 15 is 0 Å². The zero-order valence-electron chi connectivity index (χ0n) is 11.7. The molecule has 2 aromatic rings. The summed E-state index contributed by atoms with van der Waals surface area (Å²) in [5, 5.41) is 16.7. The van der Waals surface area contributed by atoms with Gasteiger partial charge in [-0.15, -0.1) is 11.3 Å². The van der Waals surface area contributed by atoms with Crippen molar-refractivity contribution in [2.75, 3.05) is 13.2 Å². The number of aromatic amines is 1. The monoisotopic (exact) mass is 307 g/mol. The number of aryl methyl sites for hydroxylation is 1. The molecular weight excluding hydrogens is 290 g/mol. The predicted molar refractivity (Wildman–Crippen MR) is 78.0 cm³/mol. The minimum Gasteiger partial charge on any atom is -0.394 e. The van der Waals surface area contributed by atoms with Gasteiger partial charge < -0.3 is 10.0 Å². The normalized spacial score (nSPS) is 19.0. The van der Waals surface area contributed by atoms with E-state index in [0.29, 0.717) is 27.9 Å². The van der Waals surface area contributed by atoms with Crippen LogP contribution in [0.3, 0.4) is 0 Å². The lowest BCUT2D eigenvalue weighted by molar-refractivity contribution is 0.0507. The van der Waals surface area contributed by atoms with Crippen LogP contribution in [0, 0.1) is 6.92 Å². The van der Waals surface area contributed by atoms with E-state index in [9.17, 15) is 9.90 Å². The molecule has 3 heterocycles. The molecule has 0 radical (unpaired) electrons. The molecule has 1 aliphatic heterocycles. The number of aliphatic hydroxyl groups is 1. The Bertz CT molecular complexity index is 625. The van der Waals surface area contributed by atoms with Crippen molar-refractivity contribution in [1.29, 1.82) is 0 Å². The molecule has 7 nitrogen and oxygen atoms in total. The Morgan fingerprint density at radius 3 is 3.14 bits per heavy atom. The first-order valence-corrected chi connectivity index (χ1v) is 7.77. The molecule has 21 heavy (non-hydrogen) atoms. The van der Waals surface area contributed by atoms with E-state index in [0.717, 1.165) is 19.3 Å². The van der Waals surface area contributed by atoms with E-state index in [1.165, 1.54) is 17.7 Å². The zero-order valence-corrected chi connectivity index (χ0v) is 12.6. The van der Waals surface area contributed by atoms with E-state index in [-0.39, 0.29) is 18.6 Å². The van der Waals surface area contributed by atoms with Crippen LogP contribution in [0.2, 0.25) is 0 Å². The van der Waals surface area contributed by atoms with Crippen LogP contribution in [0.15, 0.2) is 6.33 Å². The average Bonchev–Trinajstić information content (AvgIpc) is 3.15. The molecule has 0 spiro atoms. The fourth-order valence-electron chi connectivity index (χ4n) is 2.59. The van der Waals surface area contributed by atoms with Crippen LogP contribution >= 0.6 is 11.3 Å². The van der Waals surface area contributed by atoms with Gasteiger partial charge in [-0.3, -0.25) is 9.89 Å². The second-order valence-corrected chi connectivity index (χ2v) is 6.10. The fraction of sp³-hybridized carbons (Fsp3) is 0.538. The van der Waals surface area contributed by atoms with Crippen LogP contribution in [0.25, 0.3) is 10.8 Å². The number of nitrogens with one attached hydrogen (secondary N) is 1. The number of nitrogens with zero attached hydrogens (tertiary/aromatic N) is 4. The molecule has 112 valence electrons. The highest BCUT2D eigenvalue weighted by Crippen LogP contribution is 2.28. The Hall–Kier alpha value is -1.80. The molecule has 1 fully saturated rings. The summed E-state index contributed by atoms with van der Waals surface area (Å²) in [7, 11) is 0. The van der Waals surface area contributed by atoms with Gasteiger partial charge in [-0.25, -0.2) is 9.97 Å². The largest absolute Gasteiger partial charge is 0.394 e. The highest BCUT2D eigenvalue weighted by atomic mass is 32.1. The van der Waals surface area contributed by atoms with E-state index in [1.54, 1.807) is 4.90 Å². The number of carbonyl (C=O) groups is 1. The molecule has 1 amide bonds. The van der Waals surface area contributed by atoms with Gasteiger partial charge in [-0.05, 0) is 26.2 Å². The summed E-state index contributed by atoms with van der Waals surface area (Å²) in [6, 6.07) is -0.0820. The highest BCUT2D eigenvalue weighted by molar-refractivity contribution is 7.17. The molecule has 1 saturated heterocycles. The van der Waals surface area contributed by atoms with Gasteiger partial charge in [-0.1, -0.05) is 0 Å². The molecule has 1 aliphatic rings. The molecule has 0 saturated carbocycles. The minimum atomic E-state index is -0.0820. The van der Waals surface area contributed by atoms with Crippen LogP contribution in [0.4, 0.5) is 0 Å². The molecule has 3 rings (SSSR count). The zero-order chi connectivity index (χ0) is 14.8. The van der Waals surface area contributed by atoms with Crippen LogP contribution in [-0.4, -0.2) is 55.3 Å². The van der Waals surface area contributed by atoms with Crippen molar-refractivity contribution >= 4 is 17.2 Å². The number of carbonyl (C=O) groups excluding carboxylic acids is 1. The highest BCUT2D eigenvalue weighted by Gasteiger charge is 2.29. The number of aliphatic hydroxyl groups excluding tert-OH is 1. The van der Waals surface area contributed by atoms with Crippen molar-refractivity contribution in [3.63, 3.8) is 0 Å². The van der Waals surface area contributed by atoms with Gasteiger partial charge in [0.1, 0.15) is 11.2 Å². The maximum Gasteiger partial charge on any atom is 0.266 e. The molecule has 8 heteroatoms. The van der Waals surface area contributed by atoms with Crippen LogP contribution in [0.1, 0.15) is 34.6 Å². The molecule has 0 bridgehead atoms. The molecule has 2 aromatic heterocycles. The third-order valence-corrected chi connectivity index (χ3v) is 4.86. The smallest absolute Gasteiger partial charge is 0.266 e.